The Balaban J connectivity index is 1.91. The molecule has 0 spiro atoms. The van der Waals surface area contributed by atoms with Crippen molar-refractivity contribution in [2.24, 2.45) is 5.92 Å². The number of methoxy groups -OCH3 is 1. The molecule has 0 saturated carbocycles. The van der Waals surface area contributed by atoms with Crippen LogP contribution in [0.25, 0.3) is 0 Å². The maximum atomic E-state index is 13.7. The SMILES string of the molecule is COCCN1C(=O)CC[C@@H](C(=O)N(CCc2ccc(F)cc2)CC(=O)O)[C@@H]1c1ccccc1Cl. The molecule has 9 heteroatoms. The molecule has 3 rings (SSSR count). The fourth-order valence-corrected chi connectivity index (χ4v) is 4.59. The molecule has 0 bridgehead atoms. The molecule has 1 aliphatic heterocycles. The van der Waals surface area contributed by atoms with Gasteiger partial charge in [0, 0.05) is 31.6 Å². The lowest BCUT2D eigenvalue weighted by atomic mass is 9.83. The Kier molecular flexibility index (Phi) is 9.01. The van der Waals surface area contributed by atoms with Gasteiger partial charge in [-0.05, 0) is 42.2 Å². The highest BCUT2D eigenvalue weighted by molar-refractivity contribution is 6.31. The molecular formula is C25H28ClFN2O5. The van der Waals surface area contributed by atoms with Crippen molar-refractivity contribution >= 4 is 29.4 Å². The molecule has 0 aliphatic carbocycles. The van der Waals surface area contributed by atoms with E-state index in [1.54, 1.807) is 41.3 Å². The lowest BCUT2D eigenvalue weighted by molar-refractivity contribution is -0.153. The van der Waals surface area contributed by atoms with E-state index in [9.17, 15) is 23.9 Å². The predicted octanol–water partition coefficient (Wildman–Crippen LogP) is 3.56. The van der Waals surface area contributed by atoms with Crippen molar-refractivity contribution in [2.75, 3.05) is 33.4 Å². The standard InChI is InChI=1S/C25H28ClFN2O5/c1-34-15-14-29-22(30)11-10-20(24(29)19-4-2-3-5-21(19)26)25(33)28(16-23(31)32)13-12-17-6-8-18(27)9-7-17/h2-9,20,24H,10-16H2,1H3,(H,31,32)/t20-,24+/m1/s1. The van der Waals surface area contributed by atoms with E-state index in [4.69, 9.17) is 16.3 Å². The van der Waals surface area contributed by atoms with Crippen LogP contribution in [0.4, 0.5) is 4.39 Å². The normalized spacial score (nSPS) is 18.1. The summed E-state index contributed by atoms with van der Waals surface area (Å²) in [5.74, 6) is -2.63. The third-order valence-electron chi connectivity index (χ3n) is 6.01. The number of halogens is 2. The van der Waals surface area contributed by atoms with E-state index >= 15 is 0 Å². The first-order valence-electron chi connectivity index (χ1n) is 11.1. The van der Waals surface area contributed by atoms with Crippen molar-refractivity contribution in [3.63, 3.8) is 0 Å². The summed E-state index contributed by atoms with van der Waals surface area (Å²) < 4.78 is 18.4. The van der Waals surface area contributed by atoms with Gasteiger partial charge in [0.1, 0.15) is 12.4 Å². The van der Waals surface area contributed by atoms with Crippen molar-refractivity contribution < 1.29 is 28.6 Å². The van der Waals surface area contributed by atoms with Crippen LogP contribution in [0.3, 0.4) is 0 Å². The number of aliphatic carboxylic acids is 1. The number of benzene rings is 2. The molecular weight excluding hydrogens is 463 g/mol. The van der Waals surface area contributed by atoms with Crippen LogP contribution in [0.5, 0.6) is 0 Å². The fourth-order valence-electron chi connectivity index (χ4n) is 4.34. The molecule has 2 aromatic rings. The third-order valence-corrected chi connectivity index (χ3v) is 6.35. The zero-order valence-corrected chi connectivity index (χ0v) is 19.7. The molecule has 34 heavy (non-hydrogen) atoms. The molecule has 2 amide bonds. The van der Waals surface area contributed by atoms with E-state index in [-0.39, 0.29) is 50.2 Å². The van der Waals surface area contributed by atoms with Crippen LogP contribution in [0.2, 0.25) is 5.02 Å². The first-order valence-corrected chi connectivity index (χ1v) is 11.5. The quantitative estimate of drug-likeness (QED) is 0.550. The van der Waals surface area contributed by atoms with E-state index in [1.807, 2.05) is 0 Å². The van der Waals surface area contributed by atoms with E-state index < -0.39 is 24.5 Å². The number of piperidine rings is 1. The summed E-state index contributed by atoms with van der Waals surface area (Å²) in [6.45, 7) is 0.243. The third kappa shape index (κ3) is 6.33. The molecule has 2 aromatic carbocycles. The maximum Gasteiger partial charge on any atom is 0.323 e. The summed E-state index contributed by atoms with van der Waals surface area (Å²) in [7, 11) is 1.53. The fraction of sp³-hybridized carbons (Fsp3) is 0.400. The lowest BCUT2D eigenvalue weighted by Gasteiger charge is -2.42. The number of likely N-dealkylation sites (tertiary alicyclic amines) is 1. The van der Waals surface area contributed by atoms with Crippen LogP contribution in [-0.2, 0) is 25.5 Å². The summed E-state index contributed by atoms with van der Waals surface area (Å²) >= 11 is 6.47. The molecule has 1 aliphatic rings. The van der Waals surface area contributed by atoms with Crippen molar-refractivity contribution in [1.82, 2.24) is 9.80 Å². The second-order valence-electron chi connectivity index (χ2n) is 8.22. The van der Waals surface area contributed by atoms with Gasteiger partial charge in [-0.25, -0.2) is 4.39 Å². The van der Waals surface area contributed by atoms with Gasteiger partial charge in [0.15, 0.2) is 0 Å². The molecule has 1 fully saturated rings. The van der Waals surface area contributed by atoms with Gasteiger partial charge < -0.3 is 19.6 Å². The van der Waals surface area contributed by atoms with Gasteiger partial charge >= 0.3 is 5.97 Å². The van der Waals surface area contributed by atoms with Crippen molar-refractivity contribution in [1.29, 1.82) is 0 Å². The van der Waals surface area contributed by atoms with Crippen LogP contribution in [0, 0.1) is 11.7 Å². The number of carboxylic acids is 1. The van der Waals surface area contributed by atoms with E-state index in [1.165, 1.54) is 24.1 Å². The Morgan fingerprint density at radius 1 is 1.21 bits per heavy atom. The Labute approximate surface area is 203 Å². The highest BCUT2D eigenvalue weighted by Crippen LogP contribution is 2.40. The molecule has 0 aromatic heterocycles. The van der Waals surface area contributed by atoms with Crippen LogP contribution in [0.15, 0.2) is 48.5 Å². The topological polar surface area (TPSA) is 87.2 Å². The van der Waals surface area contributed by atoms with E-state index in [2.05, 4.69) is 0 Å². The predicted molar refractivity (Wildman–Crippen MR) is 125 cm³/mol. The minimum absolute atomic E-state index is 0.109. The lowest BCUT2D eigenvalue weighted by Crippen LogP contribution is -2.51. The number of rotatable bonds is 10. The highest BCUT2D eigenvalue weighted by atomic mass is 35.5. The molecule has 0 unspecified atom stereocenters. The first kappa shape index (κ1) is 25.6. The van der Waals surface area contributed by atoms with E-state index in [0.717, 1.165) is 5.56 Å². The average Bonchev–Trinajstić information content (AvgIpc) is 2.81. The Hall–Kier alpha value is -2.97. The Morgan fingerprint density at radius 2 is 1.91 bits per heavy atom. The number of amides is 2. The number of carboxylic acid groups (broad SMARTS) is 1. The van der Waals surface area contributed by atoms with Gasteiger partial charge in [-0.15, -0.1) is 0 Å². The number of ether oxygens (including phenoxy) is 1. The summed E-state index contributed by atoms with van der Waals surface area (Å²) in [4.78, 5) is 41.0. The molecule has 2 atom stereocenters. The van der Waals surface area contributed by atoms with Crippen LogP contribution < -0.4 is 0 Å². The monoisotopic (exact) mass is 490 g/mol. The molecule has 1 N–H and O–H groups in total. The number of carbonyl (C=O) groups is 3. The highest BCUT2D eigenvalue weighted by Gasteiger charge is 2.42. The molecule has 182 valence electrons. The van der Waals surface area contributed by atoms with Crippen LogP contribution >= 0.6 is 11.6 Å². The number of carbonyl (C=O) groups excluding carboxylic acids is 2. The largest absolute Gasteiger partial charge is 0.480 e. The van der Waals surface area contributed by atoms with Crippen molar-refractivity contribution in [3.05, 3.63) is 70.5 Å². The van der Waals surface area contributed by atoms with Gasteiger partial charge in [-0.3, -0.25) is 14.4 Å². The number of hydrogen-bond acceptors (Lipinski definition) is 4. The van der Waals surface area contributed by atoms with Crippen LogP contribution in [0.1, 0.15) is 30.0 Å². The van der Waals surface area contributed by atoms with Gasteiger partial charge in [-0.1, -0.05) is 41.9 Å². The summed E-state index contributed by atoms with van der Waals surface area (Å²) in [6, 6.07) is 12.3. The summed E-state index contributed by atoms with van der Waals surface area (Å²) in [6.07, 6.45) is 0.818. The van der Waals surface area contributed by atoms with E-state index in [0.29, 0.717) is 17.0 Å². The minimum Gasteiger partial charge on any atom is -0.480 e. The summed E-state index contributed by atoms with van der Waals surface area (Å²) in [5.41, 5.74) is 1.42. The Bertz CT molecular complexity index is 1020. The summed E-state index contributed by atoms with van der Waals surface area (Å²) in [5, 5.41) is 9.89. The van der Waals surface area contributed by atoms with Crippen molar-refractivity contribution in [2.45, 2.75) is 25.3 Å². The zero-order valence-electron chi connectivity index (χ0n) is 19.0. The molecule has 1 saturated heterocycles. The average molecular weight is 491 g/mol. The number of hydrogen-bond donors (Lipinski definition) is 1. The molecule has 1 heterocycles. The second-order valence-corrected chi connectivity index (χ2v) is 8.63. The van der Waals surface area contributed by atoms with Crippen LogP contribution in [-0.4, -0.2) is 66.0 Å². The van der Waals surface area contributed by atoms with Gasteiger partial charge in [0.25, 0.3) is 0 Å². The van der Waals surface area contributed by atoms with Crippen molar-refractivity contribution in [3.8, 4) is 0 Å². The second kappa shape index (κ2) is 11.9. The van der Waals surface area contributed by atoms with Gasteiger partial charge in [0.2, 0.25) is 11.8 Å². The molecule has 0 radical (unpaired) electrons. The first-order chi connectivity index (χ1) is 16.3. The van der Waals surface area contributed by atoms with Gasteiger partial charge in [0.05, 0.1) is 18.6 Å². The van der Waals surface area contributed by atoms with Gasteiger partial charge in [-0.2, -0.15) is 0 Å². The Morgan fingerprint density at radius 3 is 2.56 bits per heavy atom. The maximum absolute atomic E-state index is 13.7. The number of nitrogens with zero attached hydrogens (tertiary/aromatic N) is 2. The molecule has 7 nitrogen and oxygen atoms in total. The smallest absolute Gasteiger partial charge is 0.323 e. The minimum atomic E-state index is -1.13. The zero-order chi connectivity index (χ0) is 24.7.